The second kappa shape index (κ2) is 5.81. The Balaban J connectivity index is 2.02. The lowest BCUT2D eigenvalue weighted by Crippen LogP contribution is -2.11. The number of halogens is 2. The van der Waals surface area contributed by atoms with E-state index < -0.39 is 0 Å². The zero-order valence-corrected chi connectivity index (χ0v) is 14.3. The quantitative estimate of drug-likeness (QED) is 0.786. The third kappa shape index (κ3) is 3.94. The van der Waals surface area contributed by atoms with Crippen LogP contribution in [-0.4, -0.2) is 4.98 Å². The summed E-state index contributed by atoms with van der Waals surface area (Å²) in [4.78, 5) is 4.65. The van der Waals surface area contributed by atoms with Crippen LogP contribution < -0.4 is 5.32 Å². The minimum Gasteiger partial charge on any atom is -0.378 e. The highest BCUT2D eigenvalue weighted by Crippen LogP contribution is 2.27. The molecular formula is C14H16BrClN2S. The molecule has 0 saturated carbocycles. The molecule has 0 amide bonds. The minimum absolute atomic E-state index is 0.107. The number of anilines is 1. The van der Waals surface area contributed by atoms with Gasteiger partial charge in [0.1, 0.15) is 5.01 Å². The van der Waals surface area contributed by atoms with Crippen LogP contribution in [0.5, 0.6) is 0 Å². The lowest BCUT2D eigenvalue weighted by atomic mass is 9.93. The summed E-state index contributed by atoms with van der Waals surface area (Å²) in [5.74, 6) is 0. The van der Waals surface area contributed by atoms with Gasteiger partial charge in [0.05, 0.1) is 17.3 Å². The average molecular weight is 360 g/mol. The summed E-state index contributed by atoms with van der Waals surface area (Å²) in [6, 6.07) is 5.84. The summed E-state index contributed by atoms with van der Waals surface area (Å²) < 4.78 is 0.906. The standard InChI is InChI=1S/C14H16BrClN2S/c1-14(2,3)12-8-19-13(18-12)7-17-9-4-5-10(15)11(16)6-9/h4-6,8,17H,7H2,1-3H3. The molecule has 2 aromatic rings. The fourth-order valence-corrected chi connectivity index (χ4v) is 2.91. The van der Waals surface area contributed by atoms with Gasteiger partial charge in [0.2, 0.25) is 0 Å². The van der Waals surface area contributed by atoms with E-state index >= 15 is 0 Å². The number of nitrogens with one attached hydrogen (secondary N) is 1. The molecular weight excluding hydrogens is 344 g/mol. The second-order valence-electron chi connectivity index (χ2n) is 5.36. The van der Waals surface area contributed by atoms with Crippen molar-refractivity contribution in [1.29, 1.82) is 0 Å². The number of thiazole rings is 1. The van der Waals surface area contributed by atoms with Crippen molar-refractivity contribution in [1.82, 2.24) is 4.98 Å². The predicted molar refractivity (Wildman–Crippen MR) is 87.3 cm³/mol. The summed E-state index contributed by atoms with van der Waals surface area (Å²) in [5.41, 5.74) is 2.25. The first-order valence-corrected chi connectivity index (χ1v) is 8.05. The molecule has 1 aromatic heterocycles. The number of aromatic nitrogens is 1. The molecule has 0 radical (unpaired) electrons. The second-order valence-corrected chi connectivity index (χ2v) is 7.56. The molecule has 0 saturated heterocycles. The largest absolute Gasteiger partial charge is 0.378 e. The van der Waals surface area contributed by atoms with E-state index in [1.807, 2.05) is 18.2 Å². The van der Waals surface area contributed by atoms with Gasteiger partial charge in [-0.2, -0.15) is 0 Å². The molecule has 1 N–H and O–H groups in total. The highest BCUT2D eigenvalue weighted by Gasteiger charge is 2.17. The first-order chi connectivity index (χ1) is 8.86. The van der Waals surface area contributed by atoms with E-state index in [2.05, 4.69) is 52.4 Å². The molecule has 0 atom stereocenters. The monoisotopic (exact) mass is 358 g/mol. The molecule has 0 fully saturated rings. The first-order valence-electron chi connectivity index (χ1n) is 6.00. The van der Waals surface area contributed by atoms with Crippen LogP contribution in [-0.2, 0) is 12.0 Å². The number of nitrogens with zero attached hydrogens (tertiary/aromatic N) is 1. The van der Waals surface area contributed by atoms with Gasteiger partial charge in [0, 0.05) is 21.0 Å². The Morgan fingerprint density at radius 2 is 2.11 bits per heavy atom. The molecule has 0 unspecified atom stereocenters. The zero-order chi connectivity index (χ0) is 14.0. The molecule has 2 nitrogen and oxygen atoms in total. The van der Waals surface area contributed by atoms with Crippen molar-refractivity contribution in [2.24, 2.45) is 0 Å². The maximum Gasteiger partial charge on any atom is 0.112 e. The smallest absolute Gasteiger partial charge is 0.112 e. The zero-order valence-electron chi connectivity index (χ0n) is 11.1. The predicted octanol–water partition coefficient (Wildman–Crippen LogP) is 5.47. The number of rotatable bonds is 3. The molecule has 1 aromatic carbocycles. The van der Waals surface area contributed by atoms with Crippen molar-refractivity contribution in [3.8, 4) is 0 Å². The van der Waals surface area contributed by atoms with Crippen molar-refractivity contribution < 1.29 is 0 Å². The fraction of sp³-hybridized carbons (Fsp3) is 0.357. The van der Waals surface area contributed by atoms with Crippen LogP contribution in [0.25, 0.3) is 0 Å². The van der Waals surface area contributed by atoms with E-state index in [1.54, 1.807) is 11.3 Å². The van der Waals surface area contributed by atoms with Gasteiger partial charge in [0.25, 0.3) is 0 Å². The lowest BCUT2D eigenvalue weighted by molar-refractivity contribution is 0.571. The van der Waals surface area contributed by atoms with Crippen LogP contribution in [0.15, 0.2) is 28.1 Å². The third-order valence-electron chi connectivity index (χ3n) is 2.68. The number of hydrogen-bond donors (Lipinski definition) is 1. The highest BCUT2D eigenvalue weighted by atomic mass is 79.9. The average Bonchev–Trinajstić information content (AvgIpc) is 2.79. The molecule has 0 spiro atoms. The Bertz CT molecular complexity index is 575. The Morgan fingerprint density at radius 3 is 2.68 bits per heavy atom. The summed E-state index contributed by atoms with van der Waals surface area (Å²) in [7, 11) is 0. The minimum atomic E-state index is 0.107. The van der Waals surface area contributed by atoms with Gasteiger partial charge < -0.3 is 5.32 Å². The molecule has 0 aliphatic carbocycles. The molecule has 102 valence electrons. The Morgan fingerprint density at radius 1 is 1.37 bits per heavy atom. The van der Waals surface area contributed by atoms with Crippen LogP contribution >= 0.6 is 38.9 Å². The van der Waals surface area contributed by atoms with E-state index in [4.69, 9.17) is 11.6 Å². The van der Waals surface area contributed by atoms with Gasteiger partial charge in [-0.1, -0.05) is 32.4 Å². The Hall–Kier alpha value is -0.580. The first kappa shape index (κ1) is 14.8. The fourth-order valence-electron chi connectivity index (χ4n) is 1.52. The SMILES string of the molecule is CC(C)(C)c1csc(CNc2ccc(Br)c(Cl)c2)n1. The van der Waals surface area contributed by atoms with Crippen molar-refractivity contribution in [3.05, 3.63) is 43.8 Å². The van der Waals surface area contributed by atoms with Gasteiger partial charge in [-0.3, -0.25) is 0 Å². The summed E-state index contributed by atoms with van der Waals surface area (Å²) >= 11 is 11.1. The van der Waals surface area contributed by atoms with E-state index in [0.29, 0.717) is 5.02 Å². The van der Waals surface area contributed by atoms with Crippen LogP contribution in [0.2, 0.25) is 5.02 Å². The normalized spacial score (nSPS) is 11.6. The lowest BCUT2D eigenvalue weighted by Gasteiger charge is -2.14. The topological polar surface area (TPSA) is 24.9 Å². The molecule has 2 rings (SSSR count). The highest BCUT2D eigenvalue weighted by molar-refractivity contribution is 9.10. The van der Waals surface area contributed by atoms with Gasteiger partial charge in [-0.15, -0.1) is 11.3 Å². The maximum atomic E-state index is 6.06. The van der Waals surface area contributed by atoms with Gasteiger partial charge in [-0.25, -0.2) is 4.98 Å². The molecule has 0 aliphatic heterocycles. The van der Waals surface area contributed by atoms with E-state index in [0.717, 1.165) is 27.4 Å². The van der Waals surface area contributed by atoms with E-state index in [9.17, 15) is 0 Å². The Kier molecular flexibility index (Phi) is 4.54. The van der Waals surface area contributed by atoms with Gasteiger partial charge >= 0.3 is 0 Å². The number of hydrogen-bond acceptors (Lipinski definition) is 3. The van der Waals surface area contributed by atoms with Crippen LogP contribution in [0.3, 0.4) is 0 Å². The van der Waals surface area contributed by atoms with Gasteiger partial charge in [-0.05, 0) is 34.1 Å². The molecule has 5 heteroatoms. The molecule has 0 bridgehead atoms. The van der Waals surface area contributed by atoms with E-state index in [-0.39, 0.29) is 5.41 Å². The summed E-state index contributed by atoms with van der Waals surface area (Å²) in [6.07, 6.45) is 0. The molecule has 19 heavy (non-hydrogen) atoms. The van der Waals surface area contributed by atoms with Crippen LogP contribution in [0, 0.1) is 0 Å². The third-order valence-corrected chi connectivity index (χ3v) is 4.76. The van der Waals surface area contributed by atoms with Crippen LogP contribution in [0.4, 0.5) is 5.69 Å². The van der Waals surface area contributed by atoms with E-state index in [1.165, 1.54) is 0 Å². The molecule has 0 aliphatic rings. The van der Waals surface area contributed by atoms with Gasteiger partial charge in [0.15, 0.2) is 0 Å². The van der Waals surface area contributed by atoms with Crippen LogP contribution in [0.1, 0.15) is 31.5 Å². The number of benzene rings is 1. The van der Waals surface area contributed by atoms with Crippen molar-refractivity contribution in [3.63, 3.8) is 0 Å². The van der Waals surface area contributed by atoms with Crippen molar-refractivity contribution in [2.75, 3.05) is 5.32 Å². The van der Waals surface area contributed by atoms with Crippen molar-refractivity contribution in [2.45, 2.75) is 32.7 Å². The Labute approximate surface area is 131 Å². The summed E-state index contributed by atoms with van der Waals surface area (Å²) in [5, 5.41) is 7.26. The molecule has 1 heterocycles. The summed E-state index contributed by atoms with van der Waals surface area (Å²) in [6.45, 7) is 7.24. The van der Waals surface area contributed by atoms with Crippen molar-refractivity contribution >= 4 is 44.6 Å². The maximum absolute atomic E-state index is 6.06.